The maximum Gasteiger partial charge on any atom is 0.182 e. The first-order chi connectivity index (χ1) is 9.43. The van der Waals surface area contributed by atoms with Crippen LogP contribution in [-0.2, 0) is 0 Å². The third kappa shape index (κ3) is 3.36. The summed E-state index contributed by atoms with van der Waals surface area (Å²) in [5.41, 5.74) is 0.134. The summed E-state index contributed by atoms with van der Waals surface area (Å²) in [7, 11) is 0. The number of rotatable bonds is 3. The van der Waals surface area contributed by atoms with Crippen molar-refractivity contribution in [2.75, 3.05) is 13.1 Å². The first-order valence-corrected chi connectivity index (χ1v) is 7.93. The molecule has 20 heavy (non-hydrogen) atoms. The van der Waals surface area contributed by atoms with Crippen molar-refractivity contribution in [1.82, 2.24) is 4.90 Å². The number of carbonyl (C=O) groups is 1. The van der Waals surface area contributed by atoms with Crippen molar-refractivity contribution in [2.45, 2.75) is 45.1 Å². The molecule has 0 bridgehead atoms. The lowest BCUT2D eigenvalue weighted by molar-refractivity contribution is 0.0649. The Bertz CT molecular complexity index is 491. The molecule has 1 aliphatic rings. The highest BCUT2D eigenvalue weighted by Crippen LogP contribution is 2.28. The average molecular weight is 314 g/mol. The largest absolute Gasteiger partial charge is 0.292 e. The van der Waals surface area contributed by atoms with Crippen LogP contribution in [0.2, 0.25) is 10.0 Å². The molecule has 0 N–H and O–H groups in total. The smallest absolute Gasteiger partial charge is 0.182 e. The van der Waals surface area contributed by atoms with Gasteiger partial charge in [-0.3, -0.25) is 9.69 Å². The topological polar surface area (TPSA) is 20.3 Å². The number of Topliss-reactive ketones (excluding diaryl/α,β-unsaturated/α-hetero) is 1. The molecular formula is C16H21Cl2NO. The Kier molecular flexibility index (Phi) is 5.11. The summed E-state index contributed by atoms with van der Waals surface area (Å²) in [6.45, 7) is 5.98. The van der Waals surface area contributed by atoms with Gasteiger partial charge in [0.2, 0.25) is 0 Å². The highest BCUT2D eigenvalue weighted by atomic mass is 35.5. The molecule has 2 rings (SSSR count). The molecule has 0 atom stereocenters. The molecule has 0 spiro atoms. The van der Waals surface area contributed by atoms with Crippen molar-refractivity contribution < 1.29 is 4.79 Å². The summed E-state index contributed by atoms with van der Waals surface area (Å²) in [5, 5.41) is 0.917. The van der Waals surface area contributed by atoms with E-state index in [0.717, 1.165) is 25.9 Å². The second kappa shape index (κ2) is 6.46. The van der Waals surface area contributed by atoms with E-state index < -0.39 is 5.54 Å². The predicted octanol–water partition coefficient (Wildman–Crippen LogP) is 4.83. The van der Waals surface area contributed by atoms with E-state index in [1.54, 1.807) is 18.2 Å². The Hall–Kier alpha value is -0.570. The van der Waals surface area contributed by atoms with Gasteiger partial charge in [-0.05, 0) is 58.0 Å². The lowest BCUT2D eigenvalue weighted by Gasteiger charge is -2.36. The van der Waals surface area contributed by atoms with E-state index in [1.807, 2.05) is 13.8 Å². The number of nitrogens with zero attached hydrogens (tertiary/aromatic N) is 1. The molecule has 1 saturated heterocycles. The van der Waals surface area contributed by atoms with Crippen molar-refractivity contribution in [3.63, 3.8) is 0 Å². The minimum Gasteiger partial charge on any atom is -0.292 e. The quantitative estimate of drug-likeness (QED) is 0.745. The molecule has 4 heteroatoms. The SMILES string of the molecule is CC(C)(C(=O)c1ccc(Cl)c(Cl)c1)N1CCCCCC1. The van der Waals surface area contributed by atoms with Crippen LogP contribution in [0.15, 0.2) is 18.2 Å². The minimum absolute atomic E-state index is 0.109. The monoisotopic (exact) mass is 313 g/mol. The van der Waals surface area contributed by atoms with Crippen molar-refractivity contribution in [1.29, 1.82) is 0 Å². The predicted molar refractivity (Wildman–Crippen MR) is 84.9 cm³/mol. The first-order valence-electron chi connectivity index (χ1n) is 7.18. The molecule has 0 aliphatic carbocycles. The van der Waals surface area contributed by atoms with E-state index >= 15 is 0 Å². The fraction of sp³-hybridized carbons (Fsp3) is 0.562. The van der Waals surface area contributed by atoms with E-state index in [1.165, 1.54) is 12.8 Å². The molecule has 2 nitrogen and oxygen atoms in total. The summed E-state index contributed by atoms with van der Waals surface area (Å²) < 4.78 is 0. The molecule has 1 fully saturated rings. The zero-order valence-corrected chi connectivity index (χ0v) is 13.6. The number of carbonyl (C=O) groups excluding carboxylic acids is 1. The molecule has 1 aliphatic heterocycles. The number of hydrogen-bond donors (Lipinski definition) is 0. The second-order valence-electron chi connectivity index (χ2n) is 5.92. The minimum atomic E-state index is -0.499. The van der Waals surface area contributed by atoms with E-state index in [2.05, 4.69) is 4.90 Å². The Morgan fingerprint density at radius 3 is 2.20 bits per heavy atom. The molecule has 0 amide bonds. The molecule has 1 aromatic rings. The van der Waals surface area contributed by atoms with Gasteiger partial charge in [0.1, 0.15) is 0 Å². The third-order valence-corrected chi connectivity index (χ3v) is 4.87. The molecule has 1 heterocycles. The second-order valence-corrected chi connectivity index (χ2v) is 6.73. The zero-order valence-electron chi connectivity index (χ0n) is 12.1. The lowest BCUT2D eigenvalue weighted by atomic mass is 9.91. The summed E-state index contributed by atoms with van der Waals surface area (Å²) in [6, 6.07) is 5.12. The van der Waals surface area contributed by atoms with Gasteiger partial charge in [-0.1, -0.05) is 36.0 Å². The van der Waals surface area contributed by atoms with Crippen molar-refractivity contribution in [3.05, 3.63) is 33.8 Å². The van der Waals surface area contributed by atoms with Crippen LogP contribution in [0.4, 0.5) is 0 Å². The molecule has 0 aromatic heterocycles. The summed E-state index contributed by atoms with van der Waals surface area (Å²) >= 11 is 11.9. The van der Waals surface area contributed by atoms with Gasteiger partial charge in [0.25, 0.3) is 0 Å². The first kappa shape index (κ1) is 15.8. The Labute approximate surface area is 131 Å². The van der Waals surface area contributed by atoms with Gasteiger partial charge in [0, 0.05) is 5.56 Å². The van der Waals surface area contributed by atoms with Gasteiger partial charge in [0.05, 0.1) is 15.6 Å². The summed E-state index contributed by atoms with van der Waals surface area (Å²) in [5.74, 6) is 0.109. The summed E-state index contributed by atoms with van der Waals surface area (Å²) in [4.78, 5) is 15.1. The van der Waals surface area contributed by atoms with Gasteiger partial charge in [-0.2, -0.15) is 0 Å². The zero-order chi connectivity index (χ0) is 14.8. The molecule has 0 radical (unpaired) electrons. The van der Waals surface area contributed by atoms with E-state index in [9.17, 15) is 4.79 Å². The van der Waals surface area contributed by atoms with E-state index in [4.69, 9.17) is 23.2 Å². The fourth-order valence-corrected chi connectivity index (χ4v) is 3.06. The van der Waals surface area contributed by atoms with E-state index in [-0.39, 0.29) is 5.78 Å². The Balaban J connectivity index is 2.22. The molecular weight excluding hydrogens is 293 g/mol. The molecule has 0 unspecified atom stereocenters. The highest BCUT2D eigenvalue weighted by molar-refractivity contribution is 6.42. The van der Waals surface area contributed by atoms with Gasteiger partial charge in [0.15, 0.2) is 5.78 Å². The number of ketones is 1. The maximum absolute atomic E-state index is 12.8. The highest BCUT2D eigenvalue weighted by Gasteiger charge is 2.35. The van der Waals surface area contributed by atoms with Crippen LogP contribution in [0.3, 0.4) is 0 Å². The normalized spacial score (nSPS) is 17.8. The number of hydrogen-bond acceptors (Lipinski definition) is 2. The van der Waals surface area contributed by atoms with Gasteiger partial charge in [-0.25, -0.2) is 0 Å². The Morgan fingerprint density at radius 1 is 1.05 bits per heavy atom. The molecule has 0 saturated carbocycles. The summed E-state index contributed by atoms with van der Waals surface area (Å²) in [6.07, 6.45) is 4.84. The van der Waals surface area contributed by atoms with Crippen LogP contribution in [0.1, 0.15) is 49.9 Å². The Morgan fingerprint density at radius 2 is 1.65 bits per heavy atom. The van der Waals surface area contributed by atoms with E-state index in [0.29, 0.717) is 15.6 Å². The number of halogens is 2. The average Bonchev–Trinajstić information content (AvgIpc) is 2.70. The van der Waals surface area contributed by atoms with Crippen LogP contribution in [0.5, 0.6) is 0 Å². The van der Waals surface area contributed by atoms with Gasteiger partial charge >= 0.3 is 0 Å². The third-order valence-electron chi connectivity index (χ3n) is 4.13. The molecule has 1 aromatic carbocycles. The van der Waals surface area contributed by atoms with Crippen molar-refractivity contribution in [3.8, 4) is 0 Å². The number of likely N-dealkylation sites (tertiary alicyclic amines) is 1. The standard InChI is InChI=1S/C16H21Cl2NO/c1-16(2,19-9-5-3-4-6-10-19)15(20)12-7-8-13(17)14(18)11-12/h7-8,11H,3-6,9-10H2,1-2H3. The van der Waals surface area contributed by atoms with Crippen LogP contribution in [0.25, 0.3) is 0 Å². The maximum atomic E-state index is 12.8. The van der Waals surface area contributed by atoms with Crippen molar-refractivity contribution in [2.24, 2.45) is 0 Å². The van der Waals surface area contributed by atoms with Gasteiger partial charge < -0.3 is 0 Å². The van der Waals surface area contributed by atoms with Gasteiger partial charge in [-0.15, -0.1) is 0 Å². The van der Waals surface area contributed by atoms with Crippen molar-refractivity contribution >= 4 is 29.0 Å². The van der Waals surface area contributed by atoms with Crippen LogP contribution >= 0.6 is 23.2 Å². The van der Waals surface area contributed by atoms with Crippen LogP contribution in [0, 0.1) is 0 Å². The number of benzene rings is 1. The van der Waals surface area contributed by atoms with Crippen LogP contribution in [-0.4, -0.2) is 29.3 Å². The fourth-order valence-electron chi connectivity index (χ4n) is 2.76. The molecule has 110 valence electrons. The van der Waals surface area contributed by atoms with Crippen LogP contribution < -0.4 is 0 Å². The lowest BCUT2D eigenvalue weighted by Crippen LogP contribution is -2.50.